The summed E-state index contributed by atoms with van der Waals surface area (Å²) in [6, 6.07) is 11.6. The lowest BCUT2D eigenvalue weighted by molar-refractivity contribution is -0.349. The fourth-order valence-electron chi connectivity index (χ4n) is 3.42. The summed E-state index contributed by atoms with van der Waals surface area (Å²) in [5, 5.41) is 11.4. The topological polar surface area (TPSA) is 119 Å². The number of esters is 3. The summed E-state index contributed by atoms with van der Waals surface area (Å²) >= 11 is 0. The quantitative estimate of drug-likeness (QED) is 0.0317. The first-order valence-electron chi connectivity index (χ1n) is 13.2. The molecular formula is C31H35N2O8+. The SMILES string of the molecule is C#[N+]c1cc(C(=O)OCCCCCCOc2ccc(/C=C/C(=O)OCCCCOC(=O)C=C)cc2)cc([N+](=C)[O-])c1. The van der Waals surface area contributed by atoms with Crippen molar-refractivity contribution >= 4 is 42.1 Å². The summed E-state index contributed by atoms with van der Waals surface area (Å²) < 4.78 is 21.4. The molecule has 41 heavy (non-hydrogen) atoms. The standard InChI is InChI=1S/C31H35N2O8/c1-4-29(34)39-18-9-10-19-40-30(35)16-13-24-11-14-28(15-12-24)38-17-7-5-6-8-20-41-31(36)25-21-26(32-2)23-27(22-25)33(3)37/h2,4,11-16,21-23H,1,3,5-10,17-20H2/q+1/b16-13+. The molecule has 216 valence electrons. The molecule has 0 atom stereocenters. The van der Waals surface area contributed by atoms with Crippen molar-refractivity contribution in [1.82, 2.24) is 0 Å². The molecule has 0 aliphatic heterocycles. The monoisotopic (exact) mass is 563 g/mol. The van der Waals surface area contributed by atoms with Crippen molar-refractivity contribution in [3.63, 3.8) is 0 Å². The van der Waals surface area contributed by atoms with Gasteiger partial charge in [0.2, 0.25) is 5.69 Å². The van der Waals surface area contributed by atoms with Crippen molar-refractivity contribution in [2.24, 2.45) is 0 Å². The van der Waals surface area contributed by atoms with Crippen LogP contribution in [-0.4, -0.2) is 55.8 Å². The third kappa shape index (κ3) is 13.1. The fraction of sp³-hybridized carbons (Fsp3) is 0.323. The number of ether oxygens (including phenoxy) is 4. The number of carbonyl (C=O) groups is 3. The van der Waals surface area contributed by atoms with Gasteiger partial charge in [0.25, 0.3) is 6.57 Å². The van der Waals surface area contributed by atoms with Crippen molar-refractivity contribution in [3.8, 4) is 12.3 Å². The van der Waals surface area contributed by atoms with Crippen LogP contribution < -0.4 is 4.74 Å². The molecule has 0 saturated carbocycles. The van der Waals surface area contributed by atoms with E-state index in [0.29, 0.717) is 30.6 Å². The highest BCUT2D eigenvalue weighted by Crippen LogP contribution is 2.23. The lowest BCUT2D eigenvalue weighted by Crippen LogP contribution is -2.07. The summed E-state index contributed by atoms with van der Waals surface area (Å²) in [4.78, 5) is 38.5. The maximum atomic E-state index is 12.3. The summed E-state index contributed by atoms with van der Waals surface area (Å²) in [6.07, 6.45) is 8.60. The maximum Gasteiger partial charge on any atom is 0.347 e. The Balaban J connectivity index is 1.56. The van der Waals surface area contributed by atoms with Crippen molar-refractivity contribution in [3.05, 3.63) is 82.4 Å². The molecule has 10 nitrogen and oxygen atoms in total. The number of nitrogens with zero attached hydrogens (tertiary/aromatic N) is 2. The maximum absolute atomic E-state index is 12.3. The molecule has 0 saturated heterocycles. The second kappa shape index (κ2) is 18.4. The number of rotatable bonds is 18. The zero-order chi connectivity index (χ0) is 29.9. The predicted molar refractivity (Wildman–Crippen MR) is 156 cm³/mol. The van der Waals surface area contributed by atoms with Crippen molar-refractivity contribution in [2.45, 2.75) is 38.5 Å². The van der Waals surface area contributed by atoms with Gasteiger partial charge in [-0.25, -0.2) is 14.4 Å². The van der Waals surface area contributed by atoms with E-state index in [2.05, 4.69) is 18.1 Å². The molecule has 0 aliphatic rings. The molecule has 10 heteroatoms. The molecule has 0 spiro atoms. The molecule has 0 amide bonds. The molecule has 2 aromatic rings. The van der Waals surface area contributed by atoms with Gasteiger partial charge < -0.3 is 24.2 Å². The molecule has 0 radical (unpaired) electrons. The predicted octanol–water partition coefficient (Wildman–Crippen LogP) is 5.99. The molecule has 0 heterocycles. The minimum Gasteiger partial charge on any atom is -0.619 e. The second-order valence-corrected chi connectivity index (χ2v) is 8.79. The van der Waals surface area contributed by atoms with E-state index in [1.165, 1.54) is 24.3 Å². The molecule has 0 aliphatic carbocycles. The zero-order valence-electron chi connectivity index (χ0n) is 23.0. The van der Waals surface area contributed by atoms with Crippen molar-refractivity contribution in [2.75, 3.05) is 26.4 Å². The van der Waals surface area contributed by atoms with E-state index < -0.39 is 17.9 Å². The summed E-state index contributed by atoms with van der Waals surface area (Å²) in [5.74, 6) is -0.750. The third-order valence-corrected chi connectivity index (χ3v) is 5.60. The Morgan fingerprint density at radius 3 is 2.10 bits per heavy atom. The normalized spacial score (nSPS) is 10.4. The van der Waals surface area contributed by atoms with Crippen LogP contribution in [0, 0.1) is 11.8 Å². The lowest BCUT2D eigenvalue weighted by atomic mass is 10.1. The first-order chi connectivity index (χ1) is 19.8. The van der Waals surface area contributed by atoms with Gasteiger partial charge >= 0.3 is 23.6 Å². The number of hydrogen-bond acceptors (Lipinski definition) is 8. The van der Waals surface area contributed by atoms with Gasteiger partial charge in [0.15, 0.2) is 0 Å². The number of hydrogen-bond donors (Lipinski definition) is 0. The molecule has 0 N–H and O–H groups in total. The molecule has 2 aromatic carbocycles. The van der Waals surface area contributed by atoms with Crippen LogP contribution in [0.1, 0.15) is 54.4 Å². The van der Waals surface area contributed by atoms with Crippen LogP contribution in [0.15, 0.2) is 61.2 Å². The third-order valence-electron chi connectivity index (χ3n) is 5.60. The van der Waals surface area contributed by atoms with E-state index >= 15 is 0 Å². The Morgan fingerprint density at radius 2 is 1.46 bits per heavy atom. The lowest BCUT2D eigenvalue weighted by Gasteiger charge is -2.07. The van der Waals surface area contributed by atoms with Gasteiger partial charge in [0.05, 0.1) is 32.0 Å². The Kier molecular flexibility index (Phi) is 14.5. The number of unbranched alkanes of at least 4 members (excludes halogenated alkanes) is 4. The van der Waals surface area contributed by atoms with Gasteiger partial charge in [-0.15, -0.1) is 0 Å². The zero-order valence-corrected chi connectivity index (χ0v) is 23.0. The summed E-state index contributed by atoms with van der Waals surface area (Å²) in [7, 11) is 0. The highest BCUT2D eigenvalue weighted by atomic mass is 16.5. The molecule has 0 aromatic heterocycles. The largest absolute Gasteiger partial charge is 0.619 e. The van der Waals surface area contributed by atoms with E-state index in [1.807, 2.05) is 24.3 Å². The first kappa shape index (κ1) is 32.3. The van der Waals surface area contributed by atoms with E-state index in [1.54, 1.807) is 6.08 Å². The van der Waals surface area contributed by atoms with Crippen LogP contribution in [0.25, 0.3) is 10.9 Å². The minimum atomic E-state index is -0.558. The Hall–Kier alpha value is -4.91. The average molecular weight is 564 g/mol. The average Bonchev–Trinajstić information content (AvgIpc) is 2.99. The number of benzene rings is 2. The summed E-state index contributed by atoms with van der Waals surface area (Å²) in [5.41, 5.74) is 1.45. The van der Waals surface area contributed by atoms with E-state index in [4.69, 9.17) is 25.5 Å². The molecule has 0 fully saturated rings. The molecule has 2 rings (SSSR count). The van der Waals surface area contributed by atoms with E-state index in [-0.39, 0.29) is 36.8 Å². The van der Waals surface area contributed by atoms with Crippen molar-refractivity contribution in [1.29, 1.82) is 0 Å². The fourth-order valence-corrected chi connectivity index (χ4v) is 3.42. The van der Waals surface area contributed by atoms with Gasteiger partial charge in [0.1, 0.15) is 18.5 Å². The van der Waals surface area contributed by atoms with Crippen LogP contribution in [0.3, 0.4) is 0 Å². The van der Waals surface area contributed by atoms with Crippen LogP contribution in [0.2, 0.25) is 0 Å². The summed E-state index contributed by atoms with van der Waals surface area (Å²) in [6.45, 7) is 13.1. The molecule has 0 unspecified atom stereocenters. The van der Waals surface area contributed by atoms with Gasteiger partial charge in [-0.3, -0.25) is 0 Å². The smallest absolute Gasteiger partial charge is 0.347 e. The number of carbonyl (C=O) groups excluding carboxylic acids is 3. The second-order valence-electron chi connectivity index (χ2n) is 8.79. The Bertz CT molecular complexity index is 1260. The van der Waals surface area contributed by atoms with Crippen LogP contribution in [-0.2, 0) is 23.8 Å². The molecular weight excluding hydrogens is 528 g/mol. The van der Waals surface area contributed by atoms with E-state index in [0.717, 1.165) is 36.7 Å². The highest BCUT2D eigenvalue weighted by molar-refractivity contribution is 5.91. The van der Waals surface area contributed by atoms with Crippen LogP contribution >= 0.6 is 0 Å². The van der Waals surface area contributed by atoms with Gasteiger partial charge in [0, 0.05) is 24.3 Å². The van der Waals surface area contributed by atoms with Gasteiger partial charge in [-0.05, 0) is 67.1 Å². The Labute approximate surface area is 239 Å². The van der Waals surface area contributed by atoms with Gasteiger partial charge in [-0.2, -0.15) is 4.74 Å². The van der Waals surface area contributed by atoms with Gasteiger partial charge in [-0.1, -0.05) is 18.7 Å². The molecule has 0 bridgehead atoms. The minimum absolute atomic E-state index is 0.157. The van der Waals surface area contributed by atoms with E-state index in [9.17, 15) is 19.6 Å². The van der Waals surface area contributed by atoms with Crippen LogP contribution in [0.5, 0.6) is 5.75 Å². The highest BCUT2D eigenvalue weighted by Gasteiger charge is 2.17. The van der Waals surface area contributed by atoms with Crippen LogP contribution in [0.4, 0.5) is 11.4 Å². The Morgan fingerprint density at radius 1 is 0.854 bits per heavy atom. The first-order valence-corrected chi connectivity index (χ1v) is 13.2. The van der Waals surface area contributed by atoms with Crippen molar-refractivity contribution < 1.29 is 38.1 Å².